The molecule has 3 amide bonds. The van der Waals surface area contributed by atoms with Gasteiger partial charge < -0.3 is 15.4 Å². The number of nitrogens with zero attached hydrogens (tertiary/aromatic N) is 1. The minimum atomic E-state index is -0.932. The van der Waals surface area contributed by atoms with Crippen LogP contribution in [0.2, 0.25) is 0 Å². The molecule has 2 heterocycles. The first kappa shape index (κ1) is 25.4. The number of cyclic esters (lactones) is 1. The van der Waals surface area contributed by atoms with Crippen molar-refractivity contribution in [2.24, 2.45) is 5.92 Å². The van der Waals surface area contributed by atoms with Crippen molar-refractivity contribution in [2.45, 2.75) is 39.0 Å². The van der Waals surface area contributed by atoms with Crippen molar-refractivity contribution >= 4 is 34.9 Å². The van der Waals surface area contributed by atoms with E-state index in [4.69, 9.17) is 4.74 Å². The van der Waals surface area contributed by atoms with Gasteiger partial charge in [-0.3, -0.25) is 14.5 Å². The molecule has 7 nitrogen and oxygen atoms in total. The highest BCUT2D eigenvalue weighted by Crippen LogP contribution is 2.35. The van der Waals surface area contributed by atoms with Crippen molar-refractivity contribution in [3.8, 4) is 0 Å². The van der Waals surface area contributed by atoms with E-state index >= 15 is 0 Å². The average Bonchev–Trinajstić information content (AvgIpc) is 3.49. The second-order valence-corrected chi connectivity index (χ2v) is 9.98. The molecule has 0 aliphatic carbocycles. The van der Waals surface area contributed by atoms with Crippen molar-refractivity contribution in [1.29, 1.82) is 0 Å². The molecule has 2 N–H and O–H groups in total. The molecule has 0 saturated carbocycles. The van der Waals surface area contributed by atoms with Crippen molar-refractivity contribution in [3.63, 3.8) is 0 Å². The summed E-state index contributed by atoms with van der Waals surface area (Å²) in [6.45, 7) is 4.68. The number of rotatable bonds is 9. The average molecular weight is 510 g/mol. The normalized spacial score (nSPS) is 17.2. The van der Waals surface area contributed by atoms with Gasteiger partial charge in [0, 0.05) is 12.2 Å². The molecule has 36 heavy (non-hydrogen) atoms. The number of thiophene rings is 1. The van der Waals surface area contributed by atoms with Gasteiger partial charge in [0.25, 0.3) is 5.91 Å². The van der Waals surface area contributed by atoms with Crippen LogP contribution in [-0.4, -0.2) is 35.4 Å². The summed E-state index contributed by atoms with van der Waals surface area (Å²) in [6.07, 6.45) is -0.725. The van der Waals surface area contributed by atoms with Gasteiger partial charge in [0.2, 0.25) is 5.91 Å². The summed E-state index contributed by atoms with van der Waals surface area (Å²) in [5, 5.41) is 7.59. The minimum Gasteiger partial charge on any atom is -0.438 e. The Bertz CT molecular complexity index is 1210. The first-order valence-electron chi connectivity index (χ1n) is 11.8. The highest BCUT2D eigenvalue weighted by molar-refractivity contribution is 7.12. The van der Waals surface area contributed by atoms with Gasteiger partial charge in [-0.05, 0) is 59.2 Å². The molecule has 0 radical (unpaired) electrons. The maximum absolute atomic E-state index is 13.4. The summed E-state index contributed by atoms with van der Waals surface area (Å²) >= 11 is 1.33. The Labute approximate surface area is 213 Å². The molecule has 2 atom stereocenters. The Morgan fingerprint density at radius 3 is 2.58 bits per heavy atom. The number of anilines is 1. The molecule has 3 aromatic rings. The maximum Gasteiger partial charge on any atom is 0.411 e. The molecule has 4 rings (SSSR count). The zero-order chi connectivity index (χ0) is 25.7. The number of hydrogen-bond donors (Lipinski definition) is 2. The monoisotopic (exact) mass is 509 g/mol. The van der Waals surface area contributed by atoms with Crippen molar-refractivity contribution < 1.29 is 23.5 Å². The van der Waals surface area contributed by atoms with Crippen LogP contribution in [0.15, 0.2) is 66.0 Å². The Balaban J connectivity index is 1.58. The highest BCUT2D eigenvalue weighted by atomic mass is 32.1. The molecule has 0 spiro atoms. The lowest BCUT2D eigenvalue weighted by molar-refractivity contribution is -0.126. The zero-order valence-electron chi connectivity index (χ0n) is 20.1. The van der Waals surface area contributed by atoms with Crippen LogP contribution in [0.4, 0.5) is 14.9 Å². The van der Waals surface area contributed by atoms with Crippen LogP contribution in [-0.2, 0) is 16.1 Å². The fourth-order valence-electron chi connectivity index (χ4n) is 3.98. The maximum atomic E-state index is 13.4. The molecule has 9 heteroatoms. The molecule has 0 unspecified atom stereocenters. The summed E-state index contributed by atoms with van der Waals surface area (Å²) in [7, 11) is 0. The third-order valence-electron chi connectivity index (χ3n) is 5.86. The molecule has 1 aromatic heterocycles. The number of amides is 3. The number of carbonyl (C=O) groups is 3. The fourth-order valence-corrected chi connectivity index (χ4v) is 4.60. The van der Waals surface area contributed by atoms with Gasteiger partial charge in [-0.15, -0.1) is 11.3 Å². The number of halogens is 1. The van der Waals surface area contributed by atoms with Crippen molar-refractivity contribution in [1.82, 2.24) is 10.2 Å². The molecule has 1 saturated heterocycles. The van der Waals surface area contributed by atoms with Crippen LogP contribution in [0.25, 0.3) is 0 Å². The smallest absolute Gasteiger partial charge is 0.411 e. The fraction of sp³-hybridized carbons (Fsp3) is 0.296. The van der Waals surface area contributed by atoms with E-state index in [1.54, 1.807) is 48.5 Å². The van der Waals surface area contributed by atoms with Crippen LogP contribution in [0, 0.1) is 11.7 Å². The minimum absolute atomic E-state index is 0.0900. The Kier molecular flexibility index (Phi) is 8.00. The molecule has 2 aromatic carbocycles. The standard InChI is InChI=1S/C27H28FN3O4S/c1-17(2)12-13-29-26(33)23-24(35-27(34)31(23)16-18-8-10-20(28)11-9-18)19-5-3-6-21(15-19)30-25(32)22-7-4-14-36-22/h3-11,14-15,17,23-24H,12-13,16H2,1-2H3,(H,29,33)(H,30,32)/t23-,24+/m0/s1. The second kappa shape index (κ2) is 11.3. The molecular formula is C27H28FN3O4S. The first-order valence-corrected chi connectivity index (χ1v) is 12.6. The number of benzene rings is 2. The highest BCUT2D eigenvalue weighted by Gasteiger charge is 2.47. The van der Waals surface area contributed by atoms with E-state index in [9.17, 15) is 18.8 Å². The van der Waals surface area contributed by atoms with Crippen LogP contribution >= 0.6 is 11.3 Å². The molecule has 1 aliphatic heterocycles. The Morgan fingerprint density at radius 2 is 1.89 bits per heavy atom. The lowest BCUT2D eigenvalue weighted by Gasteiger charge is -2.24. The predicted molar refractivity (Wildman–Crippen MR) is 136 cm³/mol. The van der Waals surface area contributed by atoms with Gasteiger partial charge in [0.05, 0.1) is 11.4 Å². The van der Waals surface area contributed by atoms with E-state index in [-0.39, 0.29) is 24.2 Å². The summed E-state index contributed by atoms with van der Waals surface area (Å²) in [4.78, 5) is 40.7. The van der Waals surface area contributed by atoms with Crippen LogP contribution in [0.5, 0.6) is 0 Å². The predicted octanol–water partition coefficient (Wildman–Crippen LogP) is 5.36. The topological polar surface area (TPSA) is 87.7 Å². The largest absolute Gasteiger partial charge is 0.438 e. The van der Waals surface area contributed by atoms with Gasteiger partial charge in [-0.1, -0.05) is 44.2 Å². The molecular weight excluding hydrogens is 481 g/mol. The van der Waals surface area contributed by atoms with E-state index in [1.165, 1.54) is 28.4 Å². The van der Waals surface area contributed by atoms with Crippen molar-refractivity contribution in [3.05, 3.63) is 87.9 Å². The van der Waals surface area contributed by atoms with Crippen LogP contribution in [0.1, 0.15) is 47.2 Å². The van der Waals surface area contributed by atoms with Gasteiger partial charge in [0.15, 0.2) is 12.1 Å². The third-order valence-corrected chi connectivity index (χ3v) is 6.73. The second-order valence-electron chi connectivity index (χ2n) is 9.03. The van der Waals surface area contributed by atoms with E-state index in [0.29, 0.717) is 34.2 Å². The van der Waals surface area contributed by atoms with Gasteiger partial charge in [-0.25, -0.2) is 9.18 Å². The summed E-state index contributed by atoms with van der Waals surface area (Å²) in [5.74, 6) is -0.556. The van der Waals surface area contributed by atoms with E-state index < -0.39 is 18.2 Å². The lowest BCUT2D eigenvalue weighted by Crippen LogP contribution is -2.46. The first-order chi connectivity index (χ1) is 17.3. The van der Waals surface area contributed by atoms with E-state index in [2.05, 4.69) is 24.5 Å². The Morgan fingerprint density at radius 1 is 1.11 bits per heavy atom. The van der Waals surface area contributed by atoms with Crippen LogP contribution in [0.3, 0.4) is 0 Å². The molecule has 1 aliphatic rings. The summed E-state index contributed by atoms with van der Waals surface area (Å²) < 4.78 is 19.1. The van der Waals surface area contributed by atoms with Gasteiger partial charge in [0.1, 0.15) is 5.82 Å². The number of hydrogen-bond acceptors (Lipinski definition) is 5. The Hall–Kier alpha value is -3.72. The third kappa shape index (κ3) is 6.09. The molecule has 1 fully saturated rings. The number of nitrogens with one attached hydrogen (secondary N) is 2. The SMILES string of the molecule is CC(C)CCNC(=O)[C@@H]1[C@@H](c2cccc(NC(=O)c3cccs3)c2)OC(=O)N1Cc1ccc(F)cc1. The van der Waals surface area contributed by atoms with Crippen LogP contribution < -0.4 is 10.6 Å². The van der Waals surface area contributed by atoms with Crippen molar-refractivity contribution in [2.75, 3.05) is 11.9 Å². The summed E-state index contributed by atoms with van der Waals surface area (Å²) in [5.41, 5.74) is 1.78. The quantitative estimate of drug-likeness (QED) is 0.406. The molecule has 0 bridgehead atoms. The number of carbonyl (C=O) groups excluding carboxylic acids is 3. The van der Waals surface area contributed by atoms with Gasteiger partial charge >= 0.3 is 6.09 Å². The van der Waals surface area contributed by atoms with Gasteiger partial charge in [-0.2, -0.15) is 0 Å². The molecule has 188 valence electrons. The lowest BCUT2D eigenvalue weighted by atomic mass is 10.00. The summed E-state index contributed by atoms with van der Waals surface area (Å²) in [6, 6.07) is 15.3. The van der Waals surface area contributed by atoms with E-state index in [0.717, 1.165) is 6.42 Å². The number of ether oxygens (including phenoxy) is 1. The van der Waals surface area contributed by atoms with E-state index in [1.807, 2.05) is 5.38 Å². The zero-order valence-corrected chi connectivity index (χ0v) is 20.9.